The van der Waals surface area contributed by atoms with Gasteiger partial charge in [-0.05, 0) is 42.4 Å². The van der Waals surface area contributed by atoms with Gasteiger partial charge in [-0.25, -0.2) is 4.68 Å². The van der Waals surface area contributed by atoms with Gasteiger partial charge in [-0.15, -0.1) is 0 Å². The topological polar surface area (TPSA) is 58.7 Å². The summed E-state index contributed by atoms with van der Waals surface area (Å²) in [5.74, 6) is 0.396. The van der Waals surface area contributed by atoms with Crippen molar-refractivity contribution in [2.75, 3.05) is 0 Å². The Balaban J connectivity index is 1.76. The van der Waals surface area contributed by atoms with Crippen LogP contribution in [-0.4, -0.2) is 15.6 Å². The lowest BCUT2D eigenvalue weighted by molar-refractivity contribution is -0.121. The van der Waals surface area contributed by atoms with Gasteiger partial charge in [0, 0.05) is 22.5 Å². The minimum atomic E-state index is -0.446. The van der Waals surface area contributed by atoms with E-state index in [1.54, 1.807) is 0 Å². The lowest BCUT2D eigenvalue weighted by Crippen LogP contribution is -2.45. The predicted octanol–water partition coefficient (Wildman–Crippen LogP) is 6.15. The molecule has 2 aliphatic carbocycles. The van der Waals surface area contributed by atoms with Crippen molar-refractivity contribution in [2.24, 2.45) is 11.8 Å². The van der Waals surface area contributed by atoms with Gasteiger partial charge in [-0.1, -0.05) is 76.2 Å². The molecule has 3 aromatic rings. The van der Waals surface area contributed by atoms with Crippen LogP contribution in [0.25, 0.3) is 16.9 Å². The maximum Gasteiger partial charge on any atom is 0.176 e. The Bertz CT molecular complexity index is 1290. The molecule has 5 rings (SSSR count). The Labute approximate surface area is 195 Å². The lowest BCUT2D eigenvalue weighted by atomic mass is 9.58. The molecule has 166 valence electrons. The SMILES string of the molecule is CC(C)c1ccc(-n2nc3c(c2-c2ccccc2)CCC2C(C)C(=O)C(C#N)=C[C@@]32C)cc1. The maximum atomic E-state index is 12.8. The fourth-order valence-electron chi connectivity index (χ4n) is 5.81. The van der Waals surface area contributed by atoms with Gasteiger partial charge in [0.2, 0.25) is 0 Å². The van der Waals surface area contributed by atoms with Gasteiger partial charge in [0.05, 0.1) is 22.6 Å². The third kappa shape index (κ3) is 3.26. The molecular formula is C29H29N3O. The Kier molecular flexibility index (Phi) is 5.09. The second-order valence-corrected chi connectivity index (χ2v) is 9.95. The molecule has 0 spiro atoms. The molecule has 4 heteroatoms. The fourth-order valence-corrected chi connectivity index (χ4v) is 5.81. The largest absolute Gasteiger partial charge is 0.293 e. The van der Waals surface area contributed by atoms with Crippen LogP contribution in [0.2, 0.25) is 0 Å². The van der Waals surface area contributed by atoms with Crippen LogP contribution in [0.5, 0.6) is 0 Å². The molecule has 0 saturated heterocycles. The van der Waals surface area contributed by atoms with Gasteiger partial charge in [-0.2, -0.15) is 10.4 Å². The quantitative estimate of drug-likeness (QED) is 0.496. The van der Waals surface area contributed by atoms with Gasteiger partial charge in [-0.3, -0.25) is 4.79 Å². The number of nitrogens with zero attached hydrogens (tertiary/aromatic N) is 3. The number of Topliss-reactive ketones (excluding diaryl/α,β-unsaturated/α-hetero) is 1. The molecule has 2 unspecified atom stereocenters. The van der Waals surface area contributed by atoms with E-state index in [-0.39, 0.29) is 23.2 Å². The normalized spacial score (nSPS) is 24.1. The summed E-state index contributed by atoms with van der Waals surface area (Å²) in [5, 5.41) is 14.9. The molecule has 0 saturated carbocycles. The number of carbonyl (C=O) groups is 1. The minimum Gasteiger partial charge on any atom is -0.293 e. The molecule has 0 radical (unpaired) electrons. The zero-order chi connectivity index (χ0) is 23.3. The number of aromatic nitrogens is 2. The first-order valence-corrected chi connectivity index (χ1v) is 11.8. The summed E-state index contributed by atoms with van der Waals surface area (Å²) >= 11 is 0. The molecule has 3 atom stereocenters. The number of carbonyl (C=O) groups excluding carboxylic acids is 1. The van der Waals surface area contributed by atoms with E-state index < -0.39 is 5.41 Å². The van der Waals surface area contributed by atoms with Gasteiger partial charge < -0.3 is 0 Å². The standard InChI is InChI=1S/C29H29N3O/c1-18(2)20-10-12-23(13-11-20)32-26(21-8-6-5-7-9-21)24-14-15-25-19(3)27(33)22(17-30)16-29(25,4)28(24)31-32/h5-13,16,18-19,25H,14-15H2,1-4H3/t19?,25?,29-/m1/s1. The zero-order valence-corrected chi connectivity index (χ0v) is 19.7. The molecule has 0 bridgehead atoms. The van der Waals surface area contributed by atoms with E-state index in [4.69, 9.17) is 5.10 Å². The third-order valence-corrected chi connectivity index (χ3v) is 7.67. The van der Waals surface area contributed by atoms with E-state index in [0.717, 1.165) is 35.5 Å². The molecule has 0 amide bonds. The first kappa shape index (κ1) is 21.4. The van der Waals surface area contributed by atoms with Crippen molar-refractivity contribution in [2.45, 2.75) is 51.9 Å². The van der Waals surface area contributed by atoms with Crippen molar-refractivity contribution >= 4 is 5.78 Å². The predicted molar refractivity (Wildman–Crippen MR) is 130 cm³/mol. The van der Waals surface area contributed by atoms with E-state index in [1.807, 2.05) is 19.1 Å². The second-order valence-electron chi connectivity index (χ2n) is 9.95. The van der Waals surface area contributed by atoms with Crippen LogP contribution >= 0.6 is 0 Å². The molecule has 0 fully saturated rings. The first-order chi connectivity index (χ1) is 15.8. The van der Waals surface area contributed by atoms with E-state index in [1.165, 1.54) is 11.1 Å². The van der Waals surface area contributed by atoms with Gasteiger partial charge in [0.15, 0.2) is 5.78 Å². The Morgan fingerprint density at radius 2 is 1.82 bits per heavy atom. The molecular weight excluding hydrogens is 406 g/mol. The van der Waals surface area contributed by atoms with Crippen LogP contribution in [0.15, 0.2) is 66.2 Å². The summed E-state index contributed by atoms with van der Waals surface area (Å²) in [5.41, 5.74) is 6.61. The average molecular weight is 436 g/mol. The number of hydrogen-bond acceptors (Lipinski definition) is 3. The van der Waals surface area contributed by atoms with Crippen molar-refractivity contribution in [3.63, 3.8) is 0 Å². The van der Waals surface area contributed by atoms with Crippen LogP contribution in [0.4, 0.5) is 0 Å². The highest BCUT2D eigenvalue weighted by atomic mass is 16.1. The molecule has 2 aromatic carbocycles. The molecule has 1 heterocycles. The number of hydrogen-bond donors (Lipinski definition) is 0. The fraction of sp³-hybridized carbons (Fsp3) is 0.345. The van der Waals surface area contributed by atoms with Crippen molar-refractivity contribution < 1.29 is 4.79 Å². The summed E-state index contributed by atoms with van der Waals surface area (Å²) < 4.78 is 2.07. The number of rotatable bonds is 3. The molecule has 4 nitrogen and oxygen atoms in total. The van der Waals surface area contributed by atoms with E-state index in [9.17, 15) is 10.1 Å². The molecule has 0 N–H and O–H groups in total. The highest BCUT2D eigenvalue weighted by molar-refractivity contribution is 6.02. The molecule has 0 aliphatic heterocycles. The van der Waals surface area contributed by atoms with Gasteiger partial charge in [0.1, 0.15) is 6.07 Å². The summed E-state index contributed by atoms with van der Waals surface area (Å²) in [4.78, 5) is 12.8. The summed E-state index contributed by atoms with van der Waals surface area (Å²) in [6.07, 6.45) is 3.67. The maximum absolute atomic E-state index is 12.8. The van der Waals surface area contributed by atoms with E-state index in [2.05, 4.69) is 80.1 Å². The Hall–Kier alpha value is -3.45. The Morgan fingerprint density at radius 1 is 1.12 bits per heavy atom. The summed E-state index contributed by atoms with van der Waals surface area (Å²) in [6, 6.07) is 21.2. The van der Waals surface area contributed by atoms with Crippen molar-refractivity contribution in [3.05, 3.63) is 83.1 Å². The average Bonchev–Trinajstić information content (AvgIpc) is 3.23. The second kappa shape index (κ2) is 7.85. The van der Waals surface area contributed by atoms with Crippen molar-refractivity contribution in [1.29, 1.82) is 5.26 Å². The minimum absolute atomic E-state index is 0.0320. The van der Waals surface area contributed by atoms with E-state index >= 15 is 0 Å². The van der Waals surface area contributed by atoms with Gasteiger partial charge in [0.25, 0.3) is 0 Å². The molecule has 1 aromatic heterocycles. The zero-order valence-electron chi connectivity index (χ0n) is 19.7. The van der Waals surface area contributed by atoms with Crippen molar-refractivity contribution in [1.82, 2.24) is 9.78 Å². The smallest absolute Gasteiger partial charge is 0.176 e. The highest BCUT2D eigenvalue weighted by Crippen LogP contribution is 2.51. The van der Waals surface area contributed by atoms with Crippen LogP contribution < -0.4 is 0 Å². The number of fused-ring (bicyclic) bond motifs is 3. The molecule has 33 heavy (non-hydrogen) atoms. The number of ketones is 1. The highest BCUT2D eigenvalue weighted by Gasteiger charge is 2.50. The Morgan fingerprint density at radius 3 is 2.45 bits per heavy atom. The summed E-state index contributed by atoms with van der Waals surface area (Å²) in [6.45, 7) is 8.52. The van der Waals surface area contributed by atoms with Crippen LogP contribution in [0.3, 0.4) is 0 Å². The van der Waals surface area contributed by atoms with Crippen LogP contribution in [0, 0.1) is 23.2 Å². The van der Waals surface area contributed by atoms with E-state index in [0.29, 0.717) is 5.92 Å². The third-order valence-electron chi connectivity index (χ3n) is 7.67. The number of allylic oxidation sites excluding steroid dienone is 2. The molecule has 2 aliphatic rings. The lowest BCUT2D eigenvalue weighted by Gasteiger charge is -2.44. The summed E-state index contributed by atoms with van der Waals surface area (Å²) in [7, 11) is 0. The van der Waals surface area contributed by atoms with Crippen molar-refractivity contribution in [3.8, 4) is 23.0 Å². The van der Waals surface area contributed by atoms with Crippen LogP contribution in [-0.2, 0) is 16.6 Å². The monoisotopic (exact) mass is 435 g/mol. The van der Waals surface area contributed by atoms with Crippen LogP contribution in [0.1, 0.15) is 56.9 Å². The number of nitriles is 1. The number of benzene rings is 2. The first-order valence-electron chi connectivity index (χ1n) is 11.8. The van der Waals surface area contributed by atoms with Gasteiger partial charge >= 0.3 is 0 Å².